The fourth-order valence-corrected chi connectivity index (χ4v) is 2.23. The summed E-state index contributed by atoms with van der Waals surface area (Å²) >= 11 is 0. The molecule has 94 valence electrons. The Morgan fingerprint density at radius 3 is 1.81 bits per heavy atom. The highest BCUT2D eigenvalue weighted by molar-refractivity contribution is 5.21. The van der Waals surface area contributed by atoms with Crippen LogP contribution in [0, 0.1) is 11.8 Å². The molecule has 2 aliphatic rings. The average molecular weight is 222 g/mol. The second kappa shape index (κ2) is 9.69. The van der Waals surface area contributed by atoms with Crippen molar-refractivity contribution >= 4 is 0 Å². The molecule has 0 aliphatic heterocycles. The highest BCUT2D eigenvalue weighted by atomic mass is 14.2. The second-order valence-corrected chi connectivity index (χ2v) is 4.79. The fraction of sp³-hybridized carbons (Fsp3) is 0.750. The molecule has 2 rings (SSSR count). The Bertz CT molecular complexity index is 198. The molecule has 0 N–H and O–H groups in total. The predicted molar refractivity (Wildman–Crippen MR) is 75.7 cm³/mol. The van der Waals surface area contributed by atoms with E-state index in [0.717, 1.165) is 11.8 Å². The maximum atomic E-state index is 2.32. The monoisotopic (exact) mass is 222 g/mol. The molecule has 16 heavy (non-hydrogen) atoms. The predicted octanol–water partition coefficient (Wildman–Crippen LogP) is 5.75. The second-order valence-electron chi connectivity index (χ2n) is 4.79. The van der Waals surface area contributed by atoms with Crippen molar-refractivity contribution in [2.45, 2.75) is 66.7 Å². The van der Waals surface area contributed by atoms with Gasteiger partial charge in [0.05, 0.1) is 0 Å². The molecule has 0 nitrogen and oxygen atoms in total. The van der Waals surface area contributed by atoms with E-state index in [0.29, 0.717) is 0 Å². The van der Waals surface area contributed by atoms with Gasteiger partial charge in [-0.1, -0.05) is 58.4 Å². The van der Waals surface area contributed by atoms with Crippen LogP contribution in [0.15, 0.2) is 23.8 Å². The third kappa shape index (κ3) is 6.87. The zero-order chi connectivity index (χ0) is 12.4. The molecule has 0 spiro atoms. The SMILES string of the molecule is CC.CC1CC(C)C1.CCC1=CCCC=C1. The van der Waals surface area contributed by atoms with Gasteiger partial charge in [-0.25, -0.2) is 0 Å². The van der Waals surface area contributed by atoms with E-state index in [-0.39, 0.29) is 0 Å². The molecular weight excluding hydrogens is 192 g/mol. The molecule has 0 aromatic heterocycles. The summed E-state index contributed by atoms with van der Waals surface area (Å²) in [7, 11) is 0. The first-order valence-electron chi connectivity index (χ1n) is 7.08. The van der Waals surface area contributed by atoms with E-state index in [2.05, 4.69) is 39.0 Å². The maximum absolute atomic E-state index is 2.32. The van der Waals surface area contributed by atoms with Gasteiger partial charge in [0.25, 0.3) is 0 Å². The van der Waals surface area contributed by atoms with Gasteiger partial charge >= 0.3 is 0 Å². The minimum atomic E-state index is 1.04. The van der Waals surface area contributed by atoms with Crippen LogP contribution in [0.2, 0.25) is 0 Å². The Balaban J connectivity index is 0.000000251. The third-order valence-electron chi connectivity index (χ3n) is 3.09. The smallest absolute Gasteiger partial charge is 0.0310 e. The molecule has 1 fully saturated rings. The standard InChI is InChI=1S/C8H12.C6H12.C2H6/c1-2-8-6-4-3-5-7-8;1-5-3-6(2)4-5;1-2/h4,6-7H,2-3,5H2,1H3;5-6H,3-4H2,1-2H3;1-2H3. The summed E-state index contributed by atoms with van der Waals surface area (Å²) in [6, 6.07) is 0. The topological polar surface area (TPSA) is 0 Å². The lowest BCUT2D eigenvalue weighted by molar-refractivity contribution is 0.233. The van der Waals surface area contributed by atoms with Crippen LogP contribution < -0.4 is 0 Å². The van der Waals surface area contributed by atoms with Crippen LogP contribution in [0.25, 0.3) is 0 Å². The molecule has 0 heterocycles. The Labute approximate surface area is 103 Å². The Morgan fingerprint density at radius 1 is 1.06 bits per heavy atom. The van der Waals surface area contributed by atoms with Crippen molar-refractivity contribution in [3.05, 3.63) is 23.8 Å². The summed E-state index contributed by atoms with van der Waals surface area (Å²) < 4.78 is 0. The van der Waals surface area contributed by atoms with Gasteiger partial charge in [-0.3, -0.25) is 0 Å². The van der Waals surface area contributed by atoms with E-state index in [1.165, 1.54) is 37.7 Å². The van der Waals surface area contributed by atoms with Crippen molar-refractivity contribution in [3.8, 4) is 0 Å². The molecule has 0 aromatic rings. The molecule has 0 atom stereocenters. The van der Waals surface area contributed by atoms with Crippen LogP contribution in [0.1, 0.15) is 66.7 Å². The molecule has 0 heteroatoms. The van der Waals surface area contributed by atoms with Crippen LogP contribution in [0.3, 0.4) is 0 Å². The van der Waals surface area contributed by atoms with Crippen molar-refractivity contribution in [2.75, 3.05) is 0 Å². The van der Waals surface area contributed by atoms with Gasteiger partial charge in [0.1, 0.15) is 0 Å². The van der Waals surface area contributed by atoms with Gasteiger partial charge in [-0.05, 0) is 43.9 Å². The van der Waals surface area contributed by atoms with Crippen LogP contribution in [0.5, 0.6) is 0 Å². The molecule has 1 saturated carbocycles. The Hall–Kier alpha value is -0.520. The van der Waals surface area contributed by atoms with Crippen LogP contribution >= 0.6 is 0 Å². The van der Waals surface area contributed by atoms with Gasteiger partial charge in [-0.2, -0.15) is 0 Å². The van der Waals surface area contributed by atoms with Gasteiger partial charge in [-0.15, -0.1) is 0 Å². The molecule has 2 aliphatic carbocycles. The van der Waals surface area contributed by atoms with E-state index >= 15 is 0 Å². The van der Waals surface area contributed by atoms with E-state index in [1.54, 1.807) is 0 Å². The van der Waals surface area contributed by atoms with Crippen molar-refractivity contribution in [1.82, 2.24) is 0 Å². The number of hydrogen-bond acceptors (Lipinski definition) is 0. The van der Waals surface area contributed by atoms with Crippen LogP contribution in [0.4, 0.5) is 0 Å². The lowest BCUT2D eigenvalue weighted by Gasteiger charge is -2.28. The van der Waals surface area contributed by atoms with E-state index in [9.17, 15) is 0 Å². The highest BCUT2D eigenvalue weighted by Crippen LogP contribution is 2.31. The maximum Gasteiger partial charge on any atom is -0.0310 e. The van der Waals surface area contributed by atoms with Crippen molar-refractivity contribution in [1.29, 1.82) is 0 Å². The van der Waals surface area contributed by atoms with E-state index < -0.39 is 0 Å². The first kappa shape index (κ1) is 15.5. The zero-order valence-corrected chi connectivity index (χ0v) is 11.9. The summed E-state index contributed by atoms with van der Waals surface area (Å²) in [6.07, 6.45) is 13.4. The summed E-state index contributed by atoms with van der Waals surface area (Å²) in [5.41, 5.74) is 1.50. The number of rotatable bonds is 1. The normalized spacial score (nSPS) is 26.4. The molecule has 0 amide bonds. The van der Waals surface area contributed by atoms with Gasteiger partial charge < -0.3 is 0 Å². The van der Waals surface area contributed by atoms with Gasteiger partial charge in [0.2, 0.25) is 0 Å². The lowest BCUT2D eigenvalue weighted by Crippen LogP contribution is -2.16. The van der Waals surface area contributed by atoms with E-state index in [1.807, 2.05) is 13.8 Å². The first-order chi connectivity index (χ1) is 7.72. The molecule has 0 saturated heterocycles. The molecule has 0 aromatic carbocycles. The van der Waals surface area contributed by atoms with Crippen LogP contribution in [-0.4, -0.2) is 0 Å². The molecule has 0 radical (unpaired) electrons. The zero-order valence-electron chi connectivity index (χ0n) is 11.9. The molecular formula is C16H30. The quantitative estimate of drug-likeness (QED) is 0.530. The number of hydrogen-bond donors (Lipinski definition) is 0. The third-order valence-corrected chi connectivity index (χ3v) is 3.09. The first-order valence-corrected chi connectivity index (χ1v) is 7.08. The summed E-state index contributed by atoms with van der Waals surface area (Å²) in [6.45, 7) is 10.8. The van der Waals surface area contributed by atoms with Crippen molar-refractivity contribution < 1.29 is 0 Å². The molecule has 0 unspecified atom stereocenters. The average Bonchev–Trinajstić information content (AvgIpc) is 2.32. The van der Waals surface area contributed by atoms with Crippen LogP contribution in [-0.2, 0) is 0 Å². The van der Waals surface area contributed by atoms with Gasteiger partial charge in [0, 0.05) is 0 Å². The van der Waals surface area contributed by atoms with Crippen molar-refractivity contribution in [3.63, 3.8) is 0 Å². The minimum absolute atomic E-state index is 1.04. The number of allylic oxidation sites excluding steroid dienone is 4. The summed E-state index contributed by atoms with van der Waals surface area (Å²) in [5, 5.41) is 0. The largest absolute Gasteiger partial charge is 0.0840 e. The minimum Gasteiger partial charge on any atom is -0.0840 e. The molecule has 0 bridgehead atoms. The van der Waals surface area contributed by atoms with Crippen molar-refractivity contribution in [2.24, 2.45) is 11.8 Å². The highest BCUT2D eigenvalue weighted by Gasteiger charge is 2.19. The summed E-state index contributed by atoms with van der Waals surface area (Å²) in [4.78, 5) is 0. The fourth-order valence-electron chi connectivity index (χ4n) is 2.23. The van der Waals surface area contributed by atoms with E-state index in [4.69, 9.17) is 0 Å². The Morgan fingerprint density at radius 2 is 1.62 bits per heavy atom. The lowest BCUT2D eigenvalue weighted by atomic mass is 9.78. The Kier molecular flexibility index (Phi) is 9.37. The summed E-state index contributed by atoms with van der Waals surface area (Å²) in [5.74, 6) is 2.08. The van der Waals surface area contributed by atoms with Gasteiger partial charge in [0.15, 0.2) is 0 Å².